The van der Waals surface area contributed by atoms with E-state index < -0.39 is 6.10 Å². The summed E-state index contributed by atoms with van der Waals surface area (Å²) in [5, 5.41) is 15.2. The number of carbonyl (C=O) groups is 1. The van der Waals surface area contributed by atoms with Crippen molar-refractivity contribution >= 4 is 17.2 Å². The molecule has 0 aliphatic carbocycles. The quantitative estimate of drug-likeness (QED) is 0.790. The third-order valence-electron chi connectivity index (χ3n) is 4.47. The lowest BCUT2D eigenvalue weighted by molar-refractivity contribution is -0.122. The van der Waals surface area contributed by atoms with E-state index in [1.807, 2.05) is 47.8 Å². The number of nitrogens with one attached hydrogen (secondary N) is 1. The second-order valence-electron chi connectivity index (χ2n) is 6.37. The van der Waals surface area contributed by atoms with Crippen molar-refractivity contribution < 1.29 is 9.90 Å². The number of piperazine rings is 1. The van der Waals surface area contributed by atoms with Crippen molar-refractivity contribution in [1.29, 1.82) is 0 Å². The van der Waals surface area contributed by atoms with Crippen molar-refractivity contribution in [3.05, 3.63) is 58.3 Å². The normalized spacial score (nSPS) is 17.3. The van der Waals surface area contributed by atoms with Crippen LogP contribution >= 0.6 is 11.3 Å². The van der Waals surface area contributed by atoms with Gasteiger partial charge in [-0.05, 0) is 17.0 Å². The highest BCUT2D eigenvalue weighted by Gasteiger charge is 2.21. The van der Waals surface area contributed by atoms with Gasteiger partial charge < -0.3 is 10.4 Å². The SMILES string of the molecule is O=C(CN1CCN(CC(O)c2cccs2)CC1)NCc1ccccc1. The van der Waals surface area contributed by atoms with Crippen LogP contribution in [0, 0.1) is 0 Å². The molecule has 1 aromatic heterocycles. The van der Waals surface area contributed by atoms with Crippen LogP contribution in [0.3, 0.4) is 0 Å². The number of benzene rings is 1. The van der Waals surface area contributed by atoms with Gasteiger partial charge in [-0.25, -0.2) is 0 Å². The van der Waals surface area contributed by atoms with Gasteiger partial charge in [0, 0.05) is 44.1 Å². The summed E-state index contributed by atoms with van der Waals surface area (Å²) in [6, 6.07) is 13.9. The molecule has 0 bridgehead atoms. The number of hydrogen-bond acceptors (Lipinski definition) is 5. The molecular formula is C19H25N3O2S. The molecule has 2 heterocycles. The molecule has 0 saturated carbocycles. The third kappa shape index (κ3) is 5.64. The monoisotopic (exact) mass is 359 g/mol. The highest BCUT2D eigenvalue weighted by atomic mass is 32.1. The van der Waals surface area contributed by atoms with E-state index in [1.54, 1.807) is 11.3 Å². The lowest BCUT2D eigenvalue weighted by atomic mass is 10.2. The van der Waals surface area contributed by atoms with Gasteiger partial charge in [0.05, 0.1) is 6.54 Å². The molecular weight excluding hydrogens is 334 g/mol. The molecule has 2 aromatic rings. The molecule has 1 fully saturated rings. The van der Waals surface area contributed by atoms with Gasteiger partial charge in [-0.15, -0.1) is 11.3 Å². The van der Waals surface area contributed by atoms with Crippen molar-refractivity contribution in [3.8, 4) is 0 Å². The predicted octanol–water partition coefficient (Wildman–Crippen LogP) is 1.72. The topological polar surface area (TPSA) is 55.8 Å². The van der Waals surface area contributed by atoms with Gasteiger partial charge in [0.15, 0.2) is 0 Å². The standard InChI is InChI=1S/C19H25N3O2S/c23-17(18-7-4-12-25-18)14-21-8-10-22(11-9-21)15-19(24)20-13-16-5-2-1-3-6-16/h1-7,12,17,23H,8-11,13-15H2,(H,20,24). The van der Waals surface area contributed by atoms with Gasteiger partial charge in [0.25, 0.3) is 0 Å². The van der Waals surface area contributed by atoms with Gasteiger partial charge in [-0.3, -0.25) is 14.6 Å². The Hall–Kier alpha value is -1.73. The van der Waals surface area contributed by atoms with Crippen molar-refractivity contribution in [3.63, 3.8) is 0 Å². The fourth-order valence-electron chi connectivity index (χ4n) is 3.00. The van der Waals surface area contributed by atoms with Gasteiger partial charge in [0.2, 0.25) is 5.91 Å². The van der Waals surface area contributed by atoms with Crippen LogP contribution in [-0.4, -0.2) is 60.1 Å². The van der Waals surface area contributed by atoms with Gasteiger partial charge in [-0.2, -0.15) is 0 Å². The zero-order valence-corrected chi connectivity index (χ0v) is 15.1. The molecule has 1 aromatic carbocycles. The Morgan fingerprint density at radius 3 is 2.48 bits per heavy atom. The fraction of sp³-hybridized carbons (Fsp3) is 0.421. The highest BCUT2D eigenvalue weighted by molar-refractivity contribution is 7.10. The first-order valence-corrected chi connectivity index (χ1v) is 9.55. The Kier molecular flexibility index (Phi) is 6.58. The van der Waals surface area contributed by atoms with Crippen LogP contribution in [0.5, 0.6) is 0 Å². The van der Waals surface area contributed by atoms with Crippen molar-refractivity contribution in [2.24, 2.45) is 0 Å². The summed E-state index contributed by atoms with van der Waals surface area (Å²) in [6.45, 7) is 5.16. The summed E-state index contributed by atoms with van der Waals surface area (Å²) in [5.74, 6) is 0.0657. The third-order valence-corrected chi connectivity index (χ3v) is 5.44. The number of β-amino-alcohol motifs (C(OH)–C–C–N with tert-alkyl or cyclic N) is 1. The maximum atomic E-state index is 12.1. The Bertz CT molecular complexity index is 640. The number of rotatable bonds is 7. The van der Waals surface area contributed by atoms with Crippen molar-refractivity contribution in [2.45, 2.75) is 12.6 Å². The van der Waals surface area contributed by atoms with E-state index in [9.17, 15) is 9.90 Å². The largest absolute Gasteiger partial charge is 0.386 e. The lowest BCUT2D eigenvalue weighted by Gasteiger charge is -2.35. The predicted molar refractivity (Wildman–Crippen MR) is 100 cm³/mol. The minimum atomic E-state index is -0.416. The second kappa shape index (κ2) is 9.10. The molecule has 0 spiro atoms. The van der Waals surface area contributed by atoms with E-state index in [4.69, 9.17) is 0 Å². The molecule has 5 nitrogen and oxygen atoms in total. The average Bonchev–Trinajstić information content (AvgIpc) is 3.17. The molecule has 134 valence electrons. The van der Waals surface area contributed by atoms with Crippen LogP contribution in [0.25, 0.3) is 0 Å². The van der Waals surface area contributed by atoms with Gasteiger partial charge in [0.1, 0.15) is 6.10 Å². The fourth-order valence-corrected chi connectivity index (χ4v) is 3.70. The molecule has 2 N–H and O–H groups in total. The zero-order valence-electron chi connectivity index (χ0n) is 14.3. The van der Waals surface area contributed by atoms with E-state index in [2.05, 4.69) is 15.1 Å². The molecule has 3 rings (SSSR count). The molecule has 6 heteroatoms. The maximum Gasteiger partial charge on any atom is 0.234 e. The van der Waals surface area contributed by atoms with E-state index in [1.165, 1.54) is 0 Å². The second-order valence-corrected chi connectivity index (χ2v) is 7.35. The molecule has 1 unspecified atom stereocenters. The van der Waals surface area contributed by atoms with Crippen LogP contribution in [0.2, 0.25) is 0 Å². The Morgan fingerprint density at radius 2 is 1.80 bits per heavy atom. The minimum absolute atomic E-state index is 0.0657. The molecule has 1 aliphatic heterocycles. The zero-order chi connectivity index (χ0) is 17.5. The number of hydrogen-bond donors (Lipinski definition) is 2. The first kappa shape index (κ1) is 18.1. The number of aliphatic hydroxyl groups is 1. The molecule has 1 amide bonds. The summed E-state index contributed by atoms with van der Waals surface area (Å²) in [4.78, 5) is 17.6. The van der Waals surface area contributed by atoms with E-state index in [0.29, 0.717) is 19.6 Å². The van der Waals surface area contributed by atoms with Gasteiger partial charge >= 0.3 is 0 Å². The lowest BCUT2D eigenvalue weighted by Crippen LogP contribution is -2.50. The molecule has 1 saturated heterocycles. The van der Waals surface area contributed by atoms with E-state index >= 15 is 0 Å². The molecule has 0 radical (unpaired) electrons. The summed E-state index contributed by atoms with van der Waals surface area (Å²) >= 11 is 1.59. The highest BCUT2D eigenvalue weighted by Crippen LogP contribution is 2.20. The summed E-state index contributed by atoms with van der Waals surface area (Å²) in [5.41, 5.74) is 1.11. The smallest absolute Gasteiger partial charge is 0.234 e. The first-order valence-electron chi connectivity index (χ1n) is 8.67. The average molecular weight is 359 g/mol. The van der Waals surface area contributed by atoms with Crippen molar-refractivity contribution in [1.82, 2.24) is 15.1 Å². The van der Waals surface area contributed by atoms with Crippen LogP contribution < -0.4 is 5.32 Å². The molecule has 25 heavy (non-hydrogen) atoms. The van der Waals surface area contributed by atoms with Crippen LogP contribution in [-0.2, 0) is 11.3 Å². The van der Waals surface area contributed by atoms with Gasteiger partial charge in [-0.1, -0.05) is 36.4 Å². The molecule has 1 atom stereocenters. The number of nitrogens with zero attached hydrogens (tertiary/aromatic N) is 2. The van der Waals surface area contributed by atoms with E-state index in [-0.39, 0.29) is 5.91 Å². The maximum absolute atomic E-state index is 12.1. The Balaban J connectivity index is 1.35. The summed E-state index contributed by atoms with van der Waals surface area (Å²) < 4.78 is 0. The van der Waals surface area contributed by atoms with Crippen LogP contribution in [0.4, 0.5) is 0 Å². The number of carbonyl (C=O) groups excluding carboxylic acids is 1. The van der Waals surface area contributed by atoms with Crippen LogP contribution in [0.1, 0.15) is 16.5 Å². The van der Waals surface area contributed by atoms with E-state index in [0.717, 1.165) is 36.6 Å². The van der Waals surface area contributed by atoms with Crippen molar-refractivity contribution in [2.75, 3.05) is 39.3 Å². The summed E-state index contributed by atoms with van der Waals surface area (Å²) in [6.07, 6.45) is -0.416. The Morgan fingerprint density at radius 1 is 1.08 bits per heavy atom. The number of aliphatic hydroxyl groups excluding tert-OH is 1. The minimum Gasteiger partial charge on any atom is -0.386 e. The Labute approximate surface area is 152 Å². The number of thiophene rings is 1. The first-order chi connectivity index (χ1) is 12.2. The van der Waals surface area contributed by atoms with Crippen LogP contribution in [0.15, 0.2) is 47.8 Å². The number of amides is 1. The summed E-state index contributed by atoms with van der Waals surface area (Å²) in [7, 11) is 0. The molecule has 1 aliphatic rings.